The smallest absolute Gasteiger partial charge is 0.254 e. The maximum atomic E-state index is 13.4. The third-order valence-corrected chi connectivity index (χ3v) is 6.22. The van der Waals surface area contributed by atoms with E-state index < -0.39 is 0 Å². The summed E-state index contributed by atoms with van der Waals surface area (Å²) in [7, 11) is 0. The number of rotatable bonds is 3. The second-order valence-electron chi connectivity index (χ2n) is 8.10. The zero-order valence-corrected chi connectivity index (χ0v) is 16.0. The van der Waals surface area contributed by atoms with Crippen LogP contribution in [-0.4, -0.2) is 46.4 Å². The molecule has 3 aliphatic rings. The molecule has 1 aromatic heterocycles. The molecule has 0 unspecified atom stereocenters. The van der Waals surface area contributed by atoms with Crippen molar-refractivity contribution in [1.82, 2.24) is 14.8 Å². The number of piperidine rings is 1. The number of carbonyl (C=O) groups excluding carboxylic acids is 1. The minimum atomic E-state index is 0.150. The molecule has 3 aromatic rings. The Hall–Kier alpha value is -2.72. The lowest BCUT2D eigenvalue weighted by Crippen LogP contribution is -2.43. The Bertz CT molecular complexity index is 982. The fourth-order valence-electron chi connectivity index (χ4n) is 4.81. The van der Waals surface area contributed by atoms with Crippen LogP contribution in [0.25, 0.3) is 10.9 Å². The molecule has 3 saturated heterocycles. The van der Waals surface area contributed by atoms with E-state index in [1.807, 2.05) is 30.3 Å². The zero-order chi connectivity index (χ0) is 18.9. The average molecular weight is 371 g/mol. The first-order valence-electron chi connectivity index (χ1n) is 10.2. The fourth-order valence-corrected chi connectivity index (χ4v) is 4.81. The topological polar surface area (TPSA) is 36.4 Å². The van der Waals surface area contributed by atoms with Gasteiger partial charge in [0.25, 0.3) is 5.91 Å². The van der Waals surface area contributed by atoms with Gasteiger partial charge < -0.3 is 4.90 Å². The van der Waals surface area contributed by atoms with Crippen LogP contribution in [0.5, 0.6) is 0 Å². The maximum absolute atomic E-state index is 13.4. The van der Waals surface area contributed by atoms with Crippen molar-refractivity contribution in [1.29, 1.82) is 0 Å². The van der Waals surface area contributed by atoms with Crippen LogP contribution in [0.1, 0.15) is 28.8 Å². The quantitative estimate of drug-likeness (QED) is 0.699. The van der Waals surface area contributed by atoms with Gasteiger partial charge in [-0.3, -0.25) is 14.7 Å². The molecule has 142 valence electrons. The van der Waals surface area contributed by atoms with Crippen molar-refractivity contribution in [2.45, 2.75) is 25.4 Å². The summed E-state index contributed by atoms with van der Waals surface area (Å²) in [6, 6.07) is 20.9. The Kier molecular flexibility index (Phi) is 4.57. The molecule has 3 fully saturated rings. The lowest BCUT2D eigenvalue weighted by molar-refractivity contribution is 0.0738. The average Bonchev–Trinajstić information content (AvgIpc) is 3.05. The molecule has 0 saturated carbocycles. The molecular formula is C24H25N3O. The van der Waals surface area contributed by atoms with Crippen molar-refractivity contribution in [3.63, 3.8) is 0 Å². The number of benzene rings is 2. The zero-order valence-electron chi connectivity index (χ0n) is 16.0. The van der Waals surface area contributed by atoms with Crippen LogP contribution in [0.2, 0.25) is 0 Å². The Labute approximate surface area is 165 Å². The number of hydrogen-bond acceptors (Lipinski definition) is 3. The van der Waals surface area contributed by atoms with Gasteiger partial charge in [-0.25, -0.2) is 0 Å². The summed E-state index contributed by atoms with van der Waals surface area (Å²) in [5.74, 6) is 0.705. The molecule has 3 aliphatic heterocycles. The molecule has 0 N–H and O–H groups in total. The van der Waals surface area contributed by atoms with E-state index in [1.165, 1.54) is 18.4 Å². The van der Waals surface area contributed by atoms with Gasteiger partial charge in [-0.2, -0.15) is 0 Å². The first kappa shape index (κ1) is 17.4. The van der Waals surface area contributed by atoms with Crippen LogP contribution >= 0.6 is 0 Å². The largest absolute Gasteiger partial charge is 0.337 e. The van der Waals surface area contributed by atoms with Gasteiger partial charge in [0.05, 0.1) is 11.1 Å². The maximum Gasteiger partial charge on any atom is 0.254 e. The molecule has 0 radical (unpaired) electrons. The third-order valence-electron chi connectivity index (χ3n) is 6.22. The summed E-state index contributed by atoms with van der Waals surface area (Å²) in [5.41, 5.74) is 3.02. The van der Waals surface area contributed by atoms with Gasteiger partial charge in [0.2, 0.25) is 0 Å². The van der Waals surface area contributed by atoms with Gasteiger partial charge in [-0.1, -0.05) is 48.5 Å². The second-order valence-corrected chi connectivity index (χ2v) is 8.10. The summed E-state index contributed by atoms with van der Waals surface area (Å²) in [5, 5.41) is 0.952. The Morgan fingerprint density at radius 1 is 0.929 bits per heavy atom. The summed E-state index contributed by atoms with van der Waals surface area (Å²) < 4.78 is 0. The number of hydrogen-bond donors (Lipinski definition) is 0. The van der Waals surface area contributed by atoms with Crippen molar-refractivity contribution in [3.05, 3.63) is 78.0 Å². The summed E-state index contributed by atoms with van der Waals surface area (Å²) in [4.78, 5) is 22.5. The Balaban J connectivity index is 1.39. The van der Waals surface area contributed by atoms with Gasteiger partial charge in [0.15, 0.2) is 0 Å². The number of para-hydroxylation sites is 1. The van der Waals surface area contributed by atoms with E-state index in [-0.39, 0.29) is 5.91 Å². The standard InChI is InChI=1S/C24H25N3O/c28-24(22-12-13-25-23-9-5-4-8-21(22)23)27-16-19-10-11-20(17-27)26(15-19)14-18-6-2-1-3-7-18/h1-9,12-13,19-20H,10-11,14-17H2/t19-,20-/m0/s1. The van der Waals surface area contributed by atoms with Crippen LogP contribution in [-0.2, 0) is 6.54 Å². The van der Waals surface area contributed by atoms with Gasteiger partial charge in [0.1, 0.15) is 0 Å². The predicted molar refractivity (Wildman–Crippen MR) is 111 cm³/mol. The molecule has 1 amide bonds. The minimum absolute atomic E-state index is 0.150. The van der Waals surface area contributed by atoms with Crippen LogP contribution in [0.3, 0.4) is 0 Å². The van der Waals surface area contributed by atoms with Crippen molar-refractivity contribution in [2.75, 3.05) is 19.6 Å². The summed E-state index contributed by atoms with van der Waals surface area (Å²) in [6.07, 6.45) is 4.15. The van der Waals surface area contributed by atoms with Crippen LogP contribution in [0.4, 0.5) is 0 Å². The third kappa shape index (κ3) is 3.29. The van der Waals surface area contributed by atoms with Crippen molar-refractivity contribution >= 4 is 16.8 Å². The number of nitrogens with zero attached hydrogens (tertiary/aromatic N) is 3. The summed E-state index contributed by atoms with van der Waals surface area (Å²) in [6.45, 7) is 3.73. The highest BCUT2D eigenvalue weighted by molar-refractivity contribution is 6.06. The molecular weight excluding hydrogens is 346 g/mol. The van der Waals surface area contributed by atoms with Crippen molar-refractivity contribution < 1.29 is 4.79 Å². The van der Waals surface area contributed by atoms with E-state index in [9.17, 15) is 4.79 Å². The van der Waals surface area contributed by atoms with E-state index in [0.717, 1.165) is 42.6 Å². The monoisotopic (exact) mass is 371 g/mol. The van der Waals surface area contributed by atoms with Crippen LogP contribution < -0.4 is 0 Å². The molecule has 2 bridgehead atoms. The molecule has 28 heavy (non-hydrogen) atoms. The SMILES string of the molecule is O=C(c1ccnc2ccccc12)N1C[C@H]2CC[C@@H](C1)N(Cc1ccccc1)C2. The van der Waals surface area contributed by atoms with Gasteiger partial charge in [-0.15, -0.1) is 0 Å². The van der Waals surface area contributed by atoms with E-state index in [4.69, 9.17) is 0 Å². The molecule has 4 nitrogen and oxygen atoms in total. The number of aromatic nitrogens is 1. The van der Waals surface area contributed by atoms with Gasteiger partial charge >= 0.3 is 0 Å². The lowest BCUT2D eigenvalue weighted by atomic mass is 9.94. The lowest BCUT2D eigenvalue weighted by Gasteiger charge is -2.36. The predicted octanol–water partition coefficient (Wildman–Crippen LogP) is 3.97. The van der Waals surface area contributed by atoms with Crippen molar-refractivity contribution in [3.8, 4) is 0 Å². The highest BCUT2D eigenvalue weighted by atomic mass is 16.2. The van der Waals surface area contributed by atoms with Crippen LogP contribution in [0, 0.1) is 5.92 Å². The van der Waals surface area contributed by atoms with E-state index in [0.29, 0.717) is 12.0 Å². The number of fused-ring (bicyclic) bond motifs is 5. The summed E-state index contributed by atoms with van der Waals surface area (Å²) >= 11 is 0. The normalized spacial score (nSPS) is 22.4. The van der Waals surface area contributed by atoms with Gasteiger partial charge in [-0.05, 0) is 36.5 Å². The molecule has 2 aromatic carbocycles. The van der Waals surface area contributed by atoms with E-state index in [2.05, 4.69) is 45.1 Å². The minimum Gasteiger partial charge on any atom is -0.337 e. The Morgan fingerprint density at radius 3 is 2.64 bits per heavy atom. The highest BCUT2D eigenvalue weighted by Crippen LogP contribution is 2.30. The van der Waals surface area contributed by atoms with Crippen LogP contribution in [0.15, 0.2) is 66.9 Å². The molecule has 4 heterocycles. The number of amides is 1. The second kappa shape index (κ2) is 7.36. The molecule has 2 atom stereocenters. The van der Waals surface area contributed by atoms with E-state index in [1.54, 1.807) is 6.20 Å². The van der Waals surface area contributed by atoms with E-state index >= 15 is 0 Å². The number of pyridine rings is 1. The fraction of sp³-hybridized carbons (Fsp3) is 0.333. The highest BCUT2D eigenvalue weighted by Gasteiger charge is 2.36. The molecule has 0 spiro atoms. The molecule has 0 aliphatic carbocycles. The van der Waals surface area contributed by atoms with Gasteiger partial charge in [0, 0.05) is 43.8 Å². The number of carbonyl (C=O) groups is 1. The molecule has 4 heteroatoms. The molecule has 6 rings (SSSR count). The van der Waals surface area contributed by atoms with Crippen molar-refractivity contribution in [2.24, 2.45) is 5.92 Å². The Morgan fingerprint density at radius 2 is 1.75 bits per heavy atom. The first-order valence-corrected chi connectivity index (χ1v) is 10.2. The first-order chi connectivity index (χ1) is 13.8.